The molecular formula is C31H44N6O6. The standard InChI is InChI=1S/C31H44N6O6/c1-7-22(5)26(27(38)30(41)37-16-24(17-37)28(39)34-15-21(4)14-33-19-32-6)36-29(40)25(13-20(2)3)35-31(42)43-18-23-11-9-8-10-12-23/h8-12,14,19-20,22,24-26H,4,7,13,15-18H2,1-3,5-6H3,(H,34,39)(H,35,42)(H,36,40). The highest BCUT2D eigenvalue weighted by molar-refractivity contribution is 6.38. The van der Waals surface area contributed by atoms with E-state index >= 15 is 0 Å². The number of aliphatic imine (C=N–C) groups is 2. The Balaban J connectivity index is 1.96. The van der Waals surface area contributed by atoms with Crippen LogP contribution in [0, 0.1) is 17.8 Å². The molecule has 4 amide bonds. The van der Waals surface area contributed by atoms with E-state index in [1.807, 2.05) is 51.1 Å². The number of benzene rings is 1. The predicted molar refractivity (Wildman–Crippen MR) is 165 cm³/mol. The lowest BCUT2D eigenvalue weighted by atomic mass is 9.91. The number of Topliss-reactive ketones (excluding diaryl/α,β-unsaturated/α-hetero) is 1. The van der Waals surface area contributed by atoms with Crippen LogP contribution in [0.5, 0.6) is 0 Å². The van der Waals surface area contributed by atoms with Crippen molar-refractivity contribution in [2.24, 2.45) is 27.7 Å². The van der Waals surface area contributed by atoms with E-state index in [2.05, 4.69) is 32.5 Å². The molecule has 2 rings (SSSR count). The van der Waals surface area contributed by atoms with Crippen LogP contribution in [-0.4, -0.2) is 85.8 Å². The zero-order valence-corrected chi connectivity index (χ0v) is 25.7. The third-order valence-corrected chi connectivity index (χ3v) is 7.00. The molecular weight excluding hydrogens is 552 g/mol. The molecule has 1 aromatic carbocycles. The summed E-state index contributed by atoms with van der Waals surface area (Å²) in [5, 5.41) is 8.05. The van der Waals surface area contributed by atoms with Crippen molar-refractivity contribution in [3.63, 3.8) is 0 Å². The molecule has 1 aliphatic rings. The van der Waals surface area contributed by atoms with Gasteiger partial charge in [-0.1, -0.05) is 71.0 Å². The molecule has 1 fully saturated rings. The van der Waals surface area contributed by atoms with E-state index in [9.17, 15) is 24.0 Å². The number of likely N-dealkylation sites (tertiary alicyclic amines) is 1. The van der Waals surface area contributed by atoms with Crippen LogP contribution in [0.2, 0.25) is 0 Å². The number of nitrogens with one attached hydrogen (secondary N) is 3. The molecule has 0 saturated carbocycles. The second-order valence-corrected chi connectivity index (χ2v) is 11.1. The number of ketones is 1. The Morgan fingerprint density at radius 3 is 2.37 bits per heavy atom. The first-order valence-electron chi connectivity index (χ1n) is 14.5. The largest absolute Gasteiger partial charge is 0.445 e. The van der Waals surface area contributed by atoms with Crippen molar-refractivity contribution < 1.29 is 28.7 Å². The molecule has 0 aliphatic carbocycles. The number of nitrogens with zero attached hydrogens (tertiary/aromatic N) is 3. The topological polar surface area (TPSA) is 159 Å². The van der Waals surface area contributed by atoms with E-state index in [0.29, 0.717) is 18.4 Å². The Bertz CT molecular complexity index is 1190. The minimum Gasteiger partial charge on any atom is -0.445 e. The van der Waals surface area contributed by atoms with Crippen LogP contribution in [0.1, 0.15) is 46.1 Å². The van der Waals surface area contributed by atoms with E-state index in [1.165, 1.54) is 17.5 Å². The number of hydrogen-bond donors (Lipinski definition) is 3. The number of ether oxygens (including phenoxy) is 1. The van der Waals surface area contributed by atoms with Gasteiger partial charge in [-0.3, -0.25) is 24.2 Å². The number of carbonyl (C=O) groups is 5. The summed E-state index contributed by atoms with van der Waals surface area (Å²) < 4.78 is 5.28. The van der Waals surface area contributed by atoms with E-state index in [-0.39, 0.29) is 44.0 Å². The van der Waals surface area contributed by atoms with Gasteiger partial charge in [0.15, 0.2) is 0 Å². The number of alkyl carbamates (subject to hydrolysis) is 1. The second kappa shape index (κ2) is 17.6. The molecule has 1 aromatic rings. The molecule has 1 heterocycles. The van der Waals surface area contributed by atoms with Crippen molar-refractivity contribution in [1.82, 2.24) is 20.9 Å². The molecule has 3 unspecified atom stereocenters. The Morgan fingerprint density at radius 1 is 1.09 bits per heavy atom. The summed E-state index contributed by atoms with van der Waals surface area (Å²) in [5.74, 6) is -3.13. The Kier molecular flexibility index (Phi) is 14.2. The molecule has 3 atom stereocenters. The molecule has 3 N–H and O–H groups in total. The van der Waals surface area contributed by atoms with E-state index in [4.69, 9.17) is 4.74 Å². The van der Waals surface area contributed by atoms with Crippen LogP contribution in [0.25, 0.3) is 0 Å². The summed E-state index contributed by atoms with van der Waals surface area (Å²) in [6, 6.07) is 7.08. The first-order chi connectivity index (χ1) is 20.5. The van der Waals surface area contributed by atoms with Gasteiger partial charge in [0.05, 0.1) is 12.0 Å². The van der Waals surface area contributed by atoms with Crippen LogP contribution in [0.4, 0.5) is 4.79 Å². The average Bonchev–Trinajstić information content (AvgIpc) is 2.96. The maximum absolute atomic E-state index is 13.3. The molecule has 234 valence electrons. The second-order valence-electron chi connectivity index (χ2n) is 11.1. The summed E-state index contributed by atoms with van der Waals surface area (Å²) >= 11 is 0. The minimum atomic E-state index is -1.09. The highest BCUT2D eigenvalue weighted by Gasteiger charge is 2.41. The fourth-order valence-electron chi connectivity index (χ4n) is 4.26. The minimum absolute atomic E-state index is 0.0390. The highest BCUT2D eigenvalue weighted by atomic mass is 16.5. The maximum atomic E-state index is 13.3. The van der Waals surface area contributed by atoms with E-state index < -0.39 is 41.7 Å². The fraction of sp³-hybridized carbons (Fsp3) is 0.516. The van der Waals surface area contributed by atoms with Gasteiger partial charge in [-0.2, -0.15) is 0 Å². The Morgan fingerprint density at radius 2 is 1.77 bits per heavy atom. The lowest BCUT2D eigenvalue weighted by Gasteiger charge is -2.38. The van der Waals surface area contributed by atoms with E-state index in [1.54, 1.807) is 14.0 Å². The van der Waals surface area contributed by atoms with Gasteiger partial charge in [0.1, 0.15) is 19.0 Å². The molecule has 0 aromatic heterocycles. The van der Waals surface area contributed by atoms with Crippen LogP contribution in [0.15, 0.2) is 52.5 Å². The summed E-state index contributed by atoms with van der Waals surface area (Å²) in [5.41, 5.74) is 1.38. The molecule has 0 spiro atoms. The van der Waals surface area contributed by atoms with Gasteiger partial charge in [0.25, 0.3) is 5.91 Å². The zero-order valence-electron chi connectivity index (χ0n) is 25.7. The van der Waals surface area contributed by atoms with Crippen LogP contribution >= 0.6 is 0 Å². The molecule has 12 nitrogen and oxygen atoms in total. The predicted octanol–water partition coefficient (Wildman–Crippen LogP) is 2.29. The van der Waals surface area contributed by atoms with Crippen LogP contribution in [-0.2, 0) is 30.5 Å². The molecule has 1 aliphatic heterocycles. The molecule has 43 heavy (non-hydrogen) atoms. The zero-order chi connectivity index (χ0) is 31.9. The smallest absolute Gasteiger partial charge is 0.408 e. The SMILES string of the molecule is C=C(C=NC=NC)CNC(=O)C1CN(C(=O)C(=O)C(NC(=O)C(CC(C)C)NC(=O)OCc2ccccc2)C(C)CC)C1. The first kappa shape index (κ1) is 34.8. The van der Waals surface area contributed by atoms with E-state index in [0.717, 1.165) is 5.56 Å². The van der Waals surface area contributed by atoms with Crippen LogP contribution < -0.4 is 16.0 Å². The number of amides is 4. The molecule has 12 heteroatoms. The van der Waals surface area contributed by atoms with Gasteiger partial charge in [-0.15, -0.1) is 0 Å². The molecule has 0 bridgehead atoms. The van der Waals surface area contributed by atoms with Gasteiger partial charge in [-0.05, 0) is 29.4 Å². The highest BCUT2D eigenvalue weighted by Crippen LogP contribution is 2.19. The number of rotatable bonds is 16. The summed E-state index contributed by atoms with van der Waals surface area (Å²) in [7, 11) is 1.59. The normalized spacial score (nSPS) is 15.4. The lowest BCUT2D eigenvalue weighted by molar-refractivity contribution is -0.153. The van der Waals surface area contributed by atoms with Gasteiger partial charge < -0.3 is 25.6 Å². The lowest BCUT2D eigenvalue weighted by Crippen LogP contribution is -2.61. The van der Waals surface area contributed by atoms with Gasteiger partial charge in [0.2, 0.25) is 17.6 Å². The maximum Gasteiger partial charge on any atom is 0.408 e. The van der Waals surface area contributed by atoms with Gasteiger partial charge in [0, 0.05) is 32.9 Å². The first-order valence-corrected chi connectivity index (χ1v) is 14.5. The van der Waals surface area contributed by atoms with Crippen molar-refractivity contribution in [2.75, 3.05) is 26.7 Å². The van der Waals surface area contributed by atoms with Crippen molar-refractivity contribution in [3.05, 3.63) is 48.0 Å². The van der Waals surface area contributed by atoms with Crippen molar-refractivity contribution in [1.29, 1.82) is 0 Å². The summed E-state index contributed by atoms with van der Waals surface area (Å²) in [6.07, 6.45) is 2.91. The van der Waals surface area contributed by atoms with Crippen molar-refractivity contribution in [3.8, 4) is 0 Å². The molecule has 0 radical (unpaired) electrons. The third-order valence-electron chi connectivity index (χ3n) is 7.00. The number of hydrogen-bond acceptors (Lipinski definition) is 7. The van der Waals surface area contributed by atoms with Crippen LogP contribution in [0.3, 0.4) is 0 Å². The Labute approximate surface area is 253 Å². The number of carbonyl (C=O) groups excluding carboxylic acids is 5. The fourth-order valence-corrected chi connectivity index (χ4v) is 4.26. The monoisotopic (exact) mass is 596 g/mol. The van der Waals surface area contributed by atoms with Crippen molar-refractivity contribution in [2.45, 2.75) is 59.2 Å². The third kappa shape index (κ3) is 11.4. The average molecular weight is 597 g/mol. The van der Waals surface area contributed by atoms with Gasteiger partial charge in [-0.25, -0.2) is 9.79 Å². The summed E-state index contributed by atoms with van der Waals surface area (Å²) in [6.45, 7) is 11.6. The van der Waals surface area contributed by atoms with Crippen molar-refractivity contribution >= 4 is 42.2 Å². The summed E-state index contributed by atoms with van der Waals surface area (Å²) in [4.78, 5) is 73.6. The van der Waals surface area contributed by atoms with Gasteiger partial charge >= 0.3 is 6.09 Å². The Hall–Kier alpha value is -4.35. The molecule has 1 saturated heterocycles. The quantitative estimate of drug-likeness (QED) is 0.151.